The summed E-state index contributed by atoms with van der Waals surface area (Å²) in [4.78, 5) is 1.01. The second-order valence-corrected chi connectivity index (χ2v) is 7.16. The summed E-state index contributed by atoms with van der Waals surface area (Å²) in [6.07, 6.45) is -3.89. The summed E-state index contributed by atoms with van der Waals surface area (Å²) in [6.45, 7) is 0. The van der Waals surface area contributed by atoms with Crippen LogP contribution in [0, 0.1) is 5.82 Å². The normalized spacial score (nSPS) is 17.3. The van der Waals surface area contributed by atoms with Crippen LogP contribution in [0.1, 0.15) is 28.5 Å². The minimum Gasteiger partial charge on any atom is -0.257 e. The van der Waals surface area contributed by atoms with E-state index in [1.165, 1.54) is 29.5 Å². The highest BCUT2D eigenvalue weighted by atomic mass is 32.1. The van der Waals surface area contributed by atoms with Crippen LogP contribution >= 0.6 is 11.3 Å². The zero-order valence-electron chi connectivity index (χ0n) is 13.9. The van der Waals surface area contributed by atoms with Crippen molar-refractivity contribution in [3.63, 3.8) is 0 Å². The molecule has 0 aliphatic carbocycles. The van der Waals surface area contributed by atoms with Crippen LogP contribution in [-0.2, 0) is 6.18 Å². The van der Waals surface area contributed by atoms with Gasteiger partial charge in [-0.25, -0.2) is 4.39 Å². The van der Waals surface area contributed by atoms with Gasteiger partial charge in [0.2, 0.25) is 0 Å². The summed E-state index contributed by atoms with van der Waals surface area (Å²) in [5.41, 5.74) is 1.13. The molecule has 138 valence electrons. The Morgan fingerprint density at radius 1 is 1.00 bits per heavy atom. The molecule has 3 aromatic rings. The number of hydrogen-bond acceptors (Lipinski definition) is 3. The van der Waals surface area contributed by atoms with Crippen LogP contribution < -0.4 is 5.01 Å². The van der Waals surface area contributed by atoms with Gasteiger partial charge >= 0.3 is 6.18 Å². The number of halogens is 4. The minimum atomic E-state index is -4.42. The lowest BCUT2D eigenvalue weighted by molar-refractivity contribution is -0.137. The molecule has 0 N–H and O–H groups in total. The van der Waals surface area contributed by atoms with Crippen LogP contribution in [0.4, 0.5) is 23.2 Å². The van der Waals surface area contributed by atoms with Gasteiger partial charge in [0.25, 0.3) is 0 Å². The van der Waals surface area contributed by atoms with E-state index in [1.54, 1.807) is 23.2 Å². The monoisotopic (exact) mass is 390 g/mol. The van der Waals surface area contributed by atoms with E-state index in [2.05, 4.69) is 5.10 Å². The predicted molar refractivity (Wildman–Crippen MR) is 98.5 cm³/mol. The highest BCUT2D eigenvalue weighted by molar-refractivity contribution is 7.10. The molecule has 0 bridgehead atoms. The van der Waals surface area contributed by atoms with Gasteiger partial charge in [-0.15, -0.1) is 11.3 Å². The van der Waals surface area contributed by atoms with Gasteiger partial charge in [-0.05, 0) is 47.3 Å². The van der Waals surface area contributed by atoms with Crippen molar-refractivity contribution in [2.75, 3.05) is 5.01 Å². The standard InChI is InChI=1S/C20H14F4N2S/c21-15-8-6-13(7-9-15)17-12-18(19-5-2-10-27-19)26(25-17)16-4-1-3-14(11-16)20(22,23)24/h1-11,18H,12H2. The summed E-state index contributed by atoms with van der Waals surface area (Å²) >= 11 is 1.53. The Morgan fingerprint density at radius 2 is 1.78 bits per heavy atom. The van der Waals surface area contributed by atoms with Crippen molar-refractivity contribution in [1.82, 2.24) is 0 Å². The Hall–Kier alpha value is -2.67. The maximum absolute atomic E-state index is 13.2. The molecule has 0 fully saturated rings. The van der Waals surface area contributed by atoms with Crippen molar-refractivity contribution in [2.24, 2.45) is 5.10 Å². The number of hydrazone groups is 1. The first-order valence-electron chi connectivity index (χ1n) is 8.25. The Bertz CT molecular complexity index is 962. The van der Waals surface area contributed by atoms with E-state index in [0.29, 0.717) is 17.8 Å². The van der Waals surface area contributed by atoms with Gasteiger partial charge in [-0.3, -0.25) is 5.01 Å². The SMILES string of the molecule is Fc1ccc(C2=NN(c3cccc(C(F)(F)F)c3)C(c3cccs3)C2)cc1. The van der Waals surface area contributed by atoms with E-state index in [-0.39, 0.29) is 11.9 Å². The molecule has 2 aromatic carbocycles. The van der Waals surface area contributed by atoms with Gasteiger partial charge in [0.1, 0.15) is 5.82 Å². The lowest BCUT2D eigenvalue weighted by Crippen LogP contribution is -2.18. The fourth-order valence-corrected chi connectivity index (χ4v) is 3.90. The molecule has 0 amide bonds. The largest absolute Gasteiger partial charge is 0.416 e. The molecule has 1 aromatic heterocycles. The summed E-state index contributed by atoms with van der Waals surface area (Å²) in [6, 6.07) is 14.8. The van der Waals surface area contributed by atoms with E-state index >= 15 is 0 Å². The first-order chi connectivity index (χ1) is 12.9. The first kappa shape index (κ1) is 17.7. The Balaban J connectivity index is 1.76. The van der Waals surface area contributed by atoms with Gasteiger partial charge in [-0.2, -0.15) is 18.3 Å². The van der Waals surface area contributed by atoms with E-state index in [4.69, 9.17) is 0 Å². The van der Waals surface area contributed by atoms with Crippen LogP contribution in [0.2, 0.25) is 0 Å². The summed E-state index contributed by atoms with van der Waals surface area (Å²) in [7, 11) is 0. The number of nitrogens with zero attached hydrogens (tertiary/aromatic N) is 2. The number of alkyl halides is 3. The van der Waals surface area contributed by atoms with Crippen LogP contribution in [0.5, 0.6) is 0 Å². The molecule has 0 saturated heterocycles. The third-order valence-electron chi connectivity index (χ3n) is 4.40. The van der Waals surface area contributed by atoms with Crippen molar-refractivity contribution in [1.29, 1.82) is 0 Å². The second kappa shape index (κ2) is 6.81. The molecule has 4 rings (SSSR count). The Kier molecular flexibility index (Phi) is 4.47. The van der Waals surface area contributed by atoms with Crippen molar-refractivity contribution < 1.29 is 17.6 Å². The first-order valence-corrected chi connectivity index (χ1v) is 9.13. The van der Waals surface area contributed by atoms with Gasteiger partial charge in [0.15, 0.2) is 0 Å². The molecule has 7 heteroatoms. The van der Waals surface area contributed by atoms with Crippen LogP contribution in [0.15, 0.2) is 71.1 Å². The fraction of sp³-hybridized carbons (Fsp3) is 0.150. The molecule has 0 radical (unpaired) electrons. The van der Waals surface area contributed by atoms with Crippen LogP contribution in [-0.4, -0.2) is 5.71 Å². The minimum absolute atomic E-state index is 0.200. The quantitative estimate of drug-likeness (QED) is 0.482. The van der Waals surface area contributed by atoms with Gasteiger partial charge in [0.05, 0.1) is 23.0 Å². The third kappa shape index (κ3) is 3.60. The van der Waals surface area contributed by atoms with Crippen molar-refractivity contribution in [3.05, 3.63) is 87.9 Å². The zero-order chi connectivity index (χ0) is 19.0. The number of thiophene rings is 1. The van der Waals surface area contributed by atoms with E-state index in [9.17, 15) is 17.6 Å². The molecule has 2 heterocycles. The van der Waals surface area contributed by atoms with Gasteiger partial charge < -0.3 is 0 Å². The summed E-state index contributed by atoms with van der Waals surface area (Å²) < 4.78 is 52.6. The Morgan fingerprint density at radius 3 is 2.44 bits per heavy atom. The lowest BCUT2D eigenvalue weighted by atomic mass is 10.0. The van der Waals surface area contributed by atoms with Crippen LogP contribution in [0.25, 0.3) is 0 Å². The lowest BCUT2D eigenvalue weighted by Gasteiger charge is -2.23. The van der Waals surface area contributed by atoms with E-state index in [0.717, 1.165) is 22.6 Å². The van der Waals surface area contributed by atoms with E-state index in [1.807, 2.05) is 17.5 Å². The second-order valence-electron chi connectivity index (χ2n) is 6.18. The maximum atomic E-state index is 13.2. The molecule has 0 spiro atoms. The van der Waals surface area contributed by atoms with Crippen molar-refractivity contribution in [2.45, 2.75) is 18.6 Å². The summed E-state index contributed by atoms with van der Waals surface area (Å²) in [5.74, 6) is -0.345. The maximum Gasteiger partial charge on any atom is 0.416 e. The highest BCUT2D eigenvalue weighted by Crippen LogP contribution is 2.40. The topological polar surface area (TPSA) is 15.6 Å². The molecule has 1 aliphatic heterocycles. The number of benzene rings is 2. The fourth-order valence-electron chi connectivity index (χ4n) is 3.09. The third-order valence-corrected chi connectivity index (χ3v) is 5.37. The molecule has 1 atom stereocenters. The molecular weight excluding hydrogens is 376 g/mol. The average molecular weight is 390 g/mol. The van der Waals surface area contributed by atoms with Crippen molar-refractivity contribution >= 4 is 22.7 Å². The molecule has 27 heavy (non-hydrogen) atoms. The Labute approximate surface area is 157 Å². The molecular formula is C20H14F4N2S. The van der Waals surface area contributed by atoms with Crippen LogP contribution in [0.3, 0.4) is 0 Å². The predicted octanol–water partition coefficient (Wildman–Crippen LogP) is 6.26. The highest BCUT2D eigenvalue weighted by Gasteiger charge is 2.34. The number of hydrogen-bond donors (Lipinski definition) is 0. The van der Waals surface area contributed by atoms with Gasteiger partial charge in [-0.1, -0.05) is 24.3 Å². The average Bonchev–Trinajstić information content (AvgIpc) is 3.31. The number of rotatable bonds is 3. The molecule has 0 saturated carbocycles. The molecule has 2 nitrogen and oxygen atoms in total. The number of anilines is 1. The van der Waals surface area contributed by atoms with Crippen molar-refractivity contribution in [3.8, 4) is 0 Å². The molecule has 1 unspecified atom stereocenters. The smallest absolute Gasteiger partial charge is 0.257 e. The zero-order valence-corrected chi connectivity index (χ0v) is 14.8. The molecule has 1 aliphatic rings. The summed E-state index contributed by atoms with van der Waals surface area (Å²) in [5, 5.41) is 8.14. The van der Waals surface area contributed by atoms with Gasteiger partial charge in [0, 0.05) is 11.3 Å². The van der Waals surface area contributed by atoms with E-state index < -0.39 is 11.7 Å².